The largest absolute Gasteiger partial charge is 0.396 e. The van der Waals surface area contributed by atoms with Gasteiger partial charge in [0.15, 0.2) is 5.82 Å². The topological polar surface area (TPSA) is 97.0 Å². The molecule has 1 unspecified atom stereocenters. The highest BCUT2D eigenvalue weighted by molar-refractivity contribution is 7.81. The molecule has 3 N–H and O–H groups in total. The lowest BCUT2D eigenvalue weighted by Crippen LogP contribution is -2.39. The zero-order chi connectivity index (χ0) is 22.8. The molecule has 3 aromatic rings. The second-order valence-corrected chi connectivity index (χ2v) is 10.5. The standard InChI is InChI=1S/C22H27FN6OS2/c1-13(2)21-28-19(15-5-4-6-16(24)18(15)23)20(31-21)17-7-10-25-22(27-17)26-14-8-11-29(12-9-14)32(3)30/h4-7,10,13-14H,8-9,11-12,24H2,1-3H3,(H,25,26,27). The molecule has 3 heterocycles. The zero-order valence-corrected chi connectivity index (χ0v) is 20.0. The summed E-state index contributed by atoms with van der Waals surface area (Å²) in [6, 6.07) is 7.00. The summed E-state index contributed by atoms with van der Waals surface area (Å²) in [5, 5.41) is 4.31. The smallest absolute Gasteiger partial charge is 0.223 e. The summed E-state index contributed by atoms with van der Waals surface area (Å²) in [5.41, 5.74) is 7.52. The van der Waals surface area contributed by atoms with Crippen LogP contribution in [0.2, 0.25) is 0 Å². The van der Waals surface area contributed by atoms with E-state index in [-0.39, 0.29) is 17.6 Å². The summed E-state index contributed by atoms with van der Waals surface area (Å²) in [6.45, 7) is 5.66. The molecule has 0 bridgehead atoms. The number of hydrogen-bond acceptors (Lipinski definition) is 7. The van der Waals surface area contributed by atoms with Crippen LogP contribution in [0.5, 0.6) is 0 Å². The van der Waals surface area contributed by atoms with Gasteiger partial charge >= 0.3 is 0 Å². The van der Waals surface area contributed by atoms with E-state index in [1.807, 2.05) is 10.4 Å². The van der Waals surface area contributed by atoms with Gasteiger partial charge in [-0.05, 0) is 31.0 Å². The second-order valence-electron chi connectivity index (χ2n) is 8.13. The van der Waals surface area contributed by atoms with Gasteiger partial charge in [-0.15, -0.1) is 11.3 Å². The second kappa shape index (κ2) is 9.60. The van der Waals surface area contributed by atoms with Crippen LogP contribution in [0.15, 0.2) is 30.5 Å². The summed E-state index contributed by atoms with van der Waals surface area (Å²) in [4.78, 5) is 14.6. The average molecular weight is 475 g/mol. The molecule has 2 aromatic heterocycles. The van der Waals surface area contributed by atoms with Gasteiger partial charge in [0, 0.05) is 43.1 Å². The maximum atomic E-state index is 14.8. The van der Waals surface area contributed by atoms with Gasteiger partial charge in [-0.2, -0.15) is 0 Å². The van der Waals surface area contributed by atoms with Crippen molar-refractivity contribution in [3.8, 4) is 21.8 Å². The molecule has 170 valence electrons. The van der Waals surface area contributed by atoms with Gasteiger partial charge < -0.3 is 11.1 Å². The van der Waals surface area contributed by atoms with Crippen LogP contribution in [0.1, 0.15) is 37.6 Å². The lowest BCUT2D eigenvalue weighted by Gasteiger charge is -2.30. The van der Waals surface area contributed by atoms with E-state index >= 15 is 0 Å². The zero-order valence-electron chi connectivity index (χ0n) is 18.3. The molecule has 1 fully saturated rings. The van der Waals surface area contributed by atoms with Crippen molar-refractivity contribution in [3.05, 3.63) is 41.3 Å². The Morgan fingerprint density at radius 2 is 2.00 bits per heavy atom. The summed E-state index contributed by atoms with van der Waals surface area (Å²) < 4.78 is 28.5. The van der Waals surface area contributed by atoms with E-state index in [9.17, 15) is 8.60 Å². The molecule has 4 rings (SSSR count). The van der Waals surface area contributed by atoms with Gasteiger partial charge in [-0.3, -0.25) is 0 Å². The van der Waals surface area contributed by atoms with E-state index in [2.05, 4.69) is 24.1 Å². The Labute approximate surface area is 193 Å². The van der Waals surface area contributed by atoms with Gasteiger partial charge in [0.05, 0.1) is 37.9 Å². The highest BCUT2D eigenvalue weighted by atomic mass is 32.2. The van der Waals surface area contributed by atoms with Crippen molar-refractivity contribution in [2.75, 3.05) is 30.4 Å². The maximum Gasteiger partial charge on any atom is 0.223 e. The highest BCUT2D eigenvalue weighted by Gasteiger charge is 2.23. The van der Waals surface area contributed by atoms with E-state index in [0.717, 1.165) is 35.8 Å². The molecule has 0 radical (unpaired) electrons. The van der Waals surface area contributed by atoms with Gasteiger partial charge in [-0.1, -0.05) is 19.9 Å². The first-order valence-corrected chi connectivity index (χ1v) is 12.9. The normalized spacial score (nSPS) is 16.4. The molecule has 0 saturated carbocycles. The van der Waals surface area contributed by atoms with Crippen molar-refractivity contribution in [3.63, 3.8) is 0 Å². The predicted molar refractivity (Wildman–Crippen MR) is 129 cm³/mol. The van der Waals surface area contributed by atoms with Gasteiger partial charge in [0.25, 0.3) is 0 Å². The number of aromatic nitrogens is 3. The van der Waals surface area contributed by atoms with Gasteiger partial charge in [-0.25, -0.2) is 27.9 Å². The van der Waals surface area contributed by atoms with Crippen LogP contribution < -0.4 is 11.1 Å². The van der Waals surface area contributed by atoms with Gasteiger partial charge in [0.2, 0.25) is 5.95 Å². The Balaban J connectivity index is 1.64. The quantitative estimate of drug-likeness (QED) is 0.518. The number of nitrogens with one attached hydrogen (secondary N) is 1. The fourth-order valence-corrected chi connectivity index (χ4v) is 5.44. The number of thiazole rings is 1. The molecule has 0 amide bonds. The number of nitrogens with two attached hydrogens (primary N) is 1. The minimum Gasteiger partial charge on any atom is -0.396 e. The van der Waals surface area contributed by atoms with E-state index in [1.54, 1.807) is 30.7 Å². The first-order chi connectivity index (χ1) is 15.3. The number of nitrogen functional groups attached to an aromatic ring is 1. The molecule has 0 aliphatic carbocycles. The van der Waals surface area contributed by atoms with Crippen LogP contribution in [0, 0.1) is 5.82 Å². The van der Waals surface area contributed by atoms with E-state index in [4.69, 9.17) is 15.7 Å². The van der Waals surface area contributed by atoms with E-state index in [0.29, 0.717) is 22.9 Å². The van der Waals surface area contributed by atoms with Crippen LogP contribution in [0.4, 0.5) is 16.0 Å². The fraction of sp³-hybridized carbons (Fsp3) is 0.409. The number of piperidine rings is 1. The molecule has 32 heavy (non-hydrogen) atoms. The number of rotatable bonds is 6. The molecule has 10 heteroatoms. The third-order valence-corrected chi connectivity index (χ3v) is 7.93. The maximum absolute atomic E-state index is 14.8. The number of hydrogen-bond donors (Lipinski definition) is 2. The molecule has 1 aromatic carbocycles. The van der Waals surface area contributed by atoms with Gasteiger partial charge in [0.1, 0.15) is 0 Å². The van der Waals surface area contributed by atoms with Crippen LogP contribution in [-0.4, -0.2) is 48.9 Å². The average Bonchev–Trinajstić information content (AvgIpc) is 3.22. The van der Waals surface area contributed by atoms with Crippen molar-refractivity contribution in [1.29, 1.82) is 0 Å². The van der Waals surface area contributed by atoms with Crippen molar-refractivity contribution < 1.29 is 8.60 Å². The van der Waals surface area contributed by atoms with Crippen LogP contribution in [0.3, 0.4) is 0 Å². The Bertz CT molecular complexity index is 1130. The molecular weight excluding hydrogens is 447 g/mol. The molecule has 0 spiro atoms. The van der Waals surface area contributed by atoms with Crippen LogP contribution in [-0.2, 0) is 11.0 Å². The SMILES string of the molecule is CC(C)c1nc(-c2cccc(N)c2F)c(-c2ccnc(NC3CCN(S(C)=O)CC3)n2)s1. The number of nitrogens with zero attached hydrogens (tertiary/aromatic N) is 4. The predicted octanol–water partition coefficient (Wildman–Crippen LogP) is 4.28. The number of anilines is 2. The minimum absolute atomic E-state index is 0.0944. The number of halogens is 1. The van der Waals surface area contributed by atoms with Crippen LogP contribution >= 0.6 is 11.3 Å². The molecule has 1 saturated heterocycles. The Hall–Kier alpha value is -2.43. The third kappa shape index (κ3) is 4.82. The fourth-order valence-electron chi connectivity index (χ4n) is 3.67. The van der Waals surface area contributed by atoms with E-state index < -0.39 is 16.8 Å². The van der Waals surface area contributed by atoms with Crippen LogP contribution in [0.25, 0.3) is 21.8 Å². The summed E-state index contributed by atoms with van der Waals surface area (Å²) in [7, 11) is -0.939. The Kier molecular flexibility index (Phi) is 6.82. The van der Waals surface area contributed by atoms with Crippen molar-refractivity contribution in [2.45, 2.75) is 38.6 Å². The molecular formula is C22H27FN6OS2. The third-order valence-electron chi connectivity index (χ3n) is 5.46. The Morgan fingerprint density at radius 1 is 1.25 bits per heavy atom. The first-order valence-electron chi connectivity index (χ1n) is 10.6. The van der Waals surface area contributed by atoms with Crippen molar-refractivity contribution in [1.82, 2.24) is 19.3 Å². The minimum atomic E-state index is -0.939. The molecule has 1 atom stereocenters. The Morgan fingerprint density at radius 3 is 2.69 bits per heavy atom. The number of benzene rings is 1. The first kappa shape index (κ1) is 22.8. The summed E-state index contributed by atoms with van der Waals surface area (Å²) >= 11 is 1.51. The molecule has 1 aliphatic rings. The van der Waals surface area contributed by atoms with Crippen molar-refractivity contribution in [2.24, 2.45) is 0 Å². The van der Waals surface area contributed by atoms with E-state index in [1.165, 1.54) is 11.3 Å². The molecule has 1 aliphatic heterocycles. The monoisotopic (exact) mass is 474 g/mol. The van der Waals surface area contributed by atoms with Crippen molar-refractivity contribution >= 4 is 34.0 Å². The molecule has 7 nitrogen and oxygen atoms in total. The highest BCUT2D eigenvalue weighted by Crippen LogP contribution is 2.40. The lowest BCUT2D eigenvalue weighted by molar-refractivity contribution is 0.346. The summed E-state index contributed by atoms with van der Waals surface area (Å²) in [5.74, 6) is 0.254. The summed E-state index contributed by atoms with van der Waals surface area (Å²) in [6.07, 6.45) is 5.15. The lowest BCUT2D eigenvalue weighted by atomic mass is 10.1.